The van der Waals surface area contributed by atoms with E-state index in [0.717, 1.165) is 38.3 Å². The first kappa shape index (κ1) is 19.7. The Labute approximate surface area is 183 Å². The molecule has 4 aromatic heterocycles. The van der Waals surface area contributed by atoms with Crippen LogP contribution in [0.2, 0.25) is 0 Å². The summed E-state index contributed by atoms with van der Waals surface area (Å²) >= 11 is 2.19. The number of benzene rings is 1. The van der Waals surface area contributed by atoms with E-state index in [9.17, 15) is 18.0 Å². The standard InChI is InChI=1S/C19H14N4O5S3/c1-31(26,27)14-10-29-16(15(14)21-8-4-5-9-21)17-20-23(18(24)28-17)11-22-12-6-2-3-7-13(12)30-19(22)25/h2-10H,11H2,1H3. The topological polar surface area (TPSA) is 109 Å². The van der Waals surface area contributed by atoms with E-state index >= 15 is 0 Å². The molecular formula is C19H14N4O5S3. The Morgan fingerprint density at radius 2 is 1.84 bits per heavy atom. The summed E-state index contributed by atoms with van der Waals surface area (Å²) in [4.78, 5) is 25.2. The zero-order valence-corrected chi connectivity index (χ0v) is 18.4. The van der Waals surface area contributed by atoms with Crippen molar-refractivity contribution in [2.24, 2.45) is 0 Å². The summed E-state index contributed by atoms with van der Waals surface area (Å²) in [6.07, 6.45) is 4.52. The summed E-state index contributed by atoms with van der Waals surface area (Å²) < 4.78 is 34.8. The van der Waals surface area contributed by atoms with Crippen molar-refractivity contribution in [2.45, 2.75) is 11.6 Å². The molecule has 0 spiro atoms. The average molecular weight is 475 g/mol. The minimum absolute atomic E-state index is 0.0128. The van der Waals surface area contributed by atoms with Crippen LogP contribution in [0.3, 0.4) is 0 Å². The molecule has 0 aliphatic carbocycles. The molecule has 5 rings (SSSR count). The summed E-state index contributed by atoms with van der Waals surface area (Å²) in [5, 5.41) is 5.75. The fourth-order valence-electron chi connectivity index (χ4n) is 3.25. The normalized spacial score (nSPS) is 12.0. The molecule has 0 aliphatic rings. The molecule has 0 unspecified atom stereocenters. The van der Waals surface area contributed by atoms with Gasteiger partial charge in [-0.3, -0.25) is 9.36 Å². The first-order chi connectivity index (χ1) is 14.8. The van der Waals surface area contributed by atoms with Crippen LogP contribution in [-0.2, 0) is 16.5 Å². The third-order valence-corrected chi connectivity index (χ3v) is 7.82. The van der Waals surface area contributed by atoms with Crippen LogP contribution in [0, 0.1) is 0 Å². The number of hydrogen-bond acceptors (Lipinski definition) is 8. The second-order valence-corrected chi connectivity index (χ2v) is 10.6. The van der Waals surface area contributed by atoms with E-state index in [1.807, 2.05) is 18.2 Å². The molecule has 0 saturated heterocycles. The summed E-state index contributed by atoms with van der Waals surface area (Å²) in [6.45, 7) is -0.117. The lowest BCUT2D eigenvalue weighted by Gasteiger charge is -2.06. The van der Waals surface area contributed by atoms with Gasteiger partial charge >= 0.3 is 10.6 Å². The van der Waals surface area contributed by atoms with Gasteiger partial charge in [0.1, 0.15) is 16.4 Å². The Bertz CT molecular complexity index is 1630. The SMILES string of the molecule is CS(=O)(=O)c1csc(-c2nn(Cn3c(=O)sc4ccccc43)c(=O)o2)c1-n1cccc1. The molecule has 0 N–H and O–H groups in total. The molecule has 0 amide bonds. The van der Waals surface area contributed by atoms with Crippen molar-refractivity contribution in [3.05, 3.63) is 74.4 Å². The van der Waals surface area contributed by atoms with Gasteiger partial charge in [0.05, 0.1) is 15.9 Å². The molecule has 0 fully saturated rings. The quantitative estimate of drug-likeness (QED) is 0.387. The van der Waals surface area contributed by atoms with Gasteiger partial charge in [0.15, 0.2) is 9.84 Å². The second kappa shape index (κ2) is 7.18. The summed E-state index contributed by atoms with van der Waals surface area (Å²) in [7, 11) is -3.53. The predicted molar refractivity (Wildman–Crippen MR) is 118 cm³/mol. The Morgan fingerprint density at radius 1 is 1.10 bits per heavy atom. The van der Waals surface area contributed by atoms with Gasteiger partial charge in [-0.1, -0.05) is 23.5 Å². The van der Waals surface area contributed by atoms with Gasteiger partial charge in [-0.15, -0.1) is 16.4 Å². The number of fused-ring (bicyclic) bond motifs is 1. The lowest BCUT2D eigenvalue weighted by atomic mass is 10.3. The van der Waals surface area contributed by atoms with E-state index in [4.69, 9.17) is 4.42 Å². The summed E-state index contributed by atoms with van der Waals surface area (Å²) in [6, 6.07) is 10.8. The highest BCUT2D eigenvalue weighted by molar-refractivity contribution is 7.91. The largest absolute Gasteiger partial charge is 0.439 e. The first-order valence-corrected chi connectivity index (χ1v) is 12.5. The van der Waals surface area contributed by atoms with E-state index in [-0.39, 0.29) is 22.3 Å². The molecule has 9 nitrogen and oxygen atoms in total. The van der Waals surface area contributed by atoms with E-state index < -0.39 is 15.6 Å². The van der Waals surface area contributed by atoms with Gasteiger partial charge in [-0.25, -0.2) is 13.2 Å². The maximum Gasteiger partial charge on any atom is 0.439 e. The molecule has 158 valence electrons. The highest BCUT2D eigenvalue weighted by atomic mass is 32.2. The maximum absolute atomic E-state index is 12.5. The van der Waals surface area contributed by atoms with Crippen molar-refractivity contribution in [1.82, 2.24) is 18.9 Å². The van der Waals surface area contributed by atoms with E-state index in [1.165, 1.54) is 9.95 Å². The lowest BCUT2D eigenvalue weighted by molar-refractivity contribution is 0.464. The van der Waals surface area contributed by atoms with Crippen molar-refractivity contribution < 1.29 is 12.8 Å². The molecule has 0 bridgehead atoms. The first-order valence-electron chi connectivity index (χ1n) is 8.94. The number of thiophene rings is 1. The second-order valence-electron chi connectivity index (χ2n) is 6.72. The fourth-order valence-corrected chi connectivity index (χ4v) is 6.45. The predicted octanol–water partition coefficient (Wildman–Crippen LogP) is 2.64. The maximum atomic E-state index is 12.5. The Balaban J connectivity index is 1.63. The van der Waals surface area contributed by atoms with Gasteiger partial charge in [0, 0.05) is 24.0 Å². The number of hydrogen-bond donors (Lipinski definition) is 0. The van der Waals surface area contributed by atoms with Crippen molar-refractivity contribution in [3.63, 3.8) is 0 Å². The number of aromatic nitrogens is 4. The highest BCUT2D eigenvalue weighted by Crippen LogP contribution is 2.37. The minimum Gasteiger partial charge on any atom is -0.387 e. The molecule has 0 aliphatic heterocycles. The van der Waals surface area contributed by atoms with Crippen molar-refractivity contribution in [2.75, 3.05) is 6.26 Å². The summed E-state index contributed by atoms with van der Waals surface area (Å²) in [5.41, 5.74) is 1.06. The van der Waals surface area contributed by atoms with E-state index in [0.29, 0.717) is 16.1 Å². The number of para-hydroxylation sites is 1. The smallest absolute Gasteiger partial charge is 0.387 e. The highest BCUT2D eigenvalue weighted by Gasteiger charge is 2.25. The van der Waals surface area contributed by atoms with E-state index in [1.54, 1.807) is 35.2 Å². The van der Waals surface area contributed by atoms with Gasteiger partial charge in [-0.05, 0) is 24.3 Å². The summed E-state index contributed by atoms with van der Waals surface area (Å²) in [5.74, 6) is -0.758. The molecule has 0 saturated carbocycles. The molecule has 0 radical (unpaired) electrons. The van der Waals surface area contributed by atoms with Crippen LogP contribution in [0.25, 0.3) is 26.7 Å². The van der Waals surface area contributed by atoms with Crippen LogP contribution < -0.4 is 10.6 Å². The molecule has 4 heterocycles. The van der Waals surface area contributed by atoms with E-state index in [2.05, 4.69) is 5.10 Å². The van der Waals surface area contributed by atoms with Crippen LogP contribution in [0.1, 0.15) is 0 Å². The zero-order valence-electron chi connectivity index (χ0n) is 16.0. The van der Waals surface area contributed by atoms with Gasteiger partial charge in [-0.2, -0.15) is 4.68 Å². The van der Waals surface area contributed by atoms with Crippen molar-refractivity contribution >= 4 is 42.7 Å². The number of rotatable bonds is 5. The molecular weight excluding hydrogens is 460 g/mol. The van der Waals surface area contributed by atoms with Crippen LogP contribution >= 0.6 is 22.7 Å². The van der Waals surface area contributed by atoms with Gasteiger partial charge in [0.2, 0.25) is 0 Å². The van der Waals surface area contributed by atoms with Crippen LogP contribution in [0.15, 0.2) is 73.1 Å². The van der Waals surface area contributed by atoms with Crippen molar-refractivity contribution in [1.29, 1.82) is 0 Å². The monoisotopic (exact) mass is 474 g/mol. The average Bonchev–Trinajstić information content (AvgIpc) is 3.48. The molecule has 12 heteroatoms. The van der Waals surface area contributed by atoms with Crippen LogP contribution in [0.5, 0.6) is 0 Å². The number of sulfone groups is 1. The molecule has 5 aromatic rings. The third-order valence-electron chi connectivity index (χ3n) is 4.64. The van der Waals surface area contributed by atoms with Crippen molar-refractivity contribution in [3.8, 4) is 16.5 Å². The molecule has 1 aromatic carbocycles. The lowest BCUT2D eigenvalue weighted by Crippen LogP contribution is -2.25. The molecule has 0 atom stereocenters. The van der Waals surface area contributed by atoms with Gasteiger partial charge in [0.25, 0.3) is 5.89 Å². The zero-order chi connectivity index (χ0) is 21.8. The van der Waals surface area contributed by atoms with Crippen LogP contribution in [0.4, 0.5) is 0 Å². The Morgan fingerprint density at radius 3 is 2.58 bits per heavy atom. The minimum atomic E-state index is -3.53. The van der Waals surface area contributed by atoms with Gasteiger partial charge < -0.3 is 8.98 Å². The third kappa shape index (κ3) is 3.38. The fraction of sp³-hybridized carbons (Fsp3) is 0.105. The van der Waals surface area contributed by atoms with Crippen LogP contribution in [-0.4, -0.2) is 33.6 Å². The number of thiazole rings is 1. The molecule has 31 heavy (non-hydrogen) atoms. The Hall–Kier alpha value is -3.22. The Kier molecular flexibility index (Phi) is 4.57. The number of nitrogens with zero attached hydrogens (tertiary/aromatic N) is 4.